The molecule has 1 heterocycles. The summed E-state index contributed by atoms with van der Waals surface area (Å²) in [5.41, 5.74) is 5.69. The van der Waals surface area contributed by atoms with Gasteiger partial charge in [-0.3, -0.25) is 0 Å². The second kappa shape index (κ2) is 5.92. The van der Waals surface area contributed by atoms with E-state index in [1.54, 1.807) is 0 Å². The number of nitrogens with one attached hydrogen (secondary N) is 1. The van der Waals surface area contributed by atoms with Crippen LogP contribution in [0.25, 0.3) is 11.4 Å². The Bertz CT molecular complexity index is 627. The molecule has 4 heteroatoms. The lowest BCUT2D eigenvalue weighted by atomic mass is 10.1. The monoisotopic (exact) mass is 333 g/mol. The topological polar surface area (TPSA) is 37.8 Å². The van der Waals surface area contributed by atoms with Crippen molar-refractivity contribution in [2.75, 3.05) is 12.4 Å². The van der Waals surface area contributed by atoms with Crippen LogP contribution >= 0.6 is 15.9 Å². The van der Waals surface area contributed by atoms with Crippen LogP contribution in [0, 0.1) is 20.8 Å². The third kappa shape index (κ3) is 2.70. The van der Waals surface area contributed by atoms with Gasteiger partial charge in [0, 0.05) is 28.3 Å². The number of rotatable bonds is 3. The van der Waals surface area contributed by atoms with Crippen molar-refractivity contribution in [3.63, 3.8) is 0 Å². The predicted octanol–water partition coefficient (Wildman–Crippen LogP) is 4.44. The molecule has 2 rings (SSSR count). The van der Waals surface area contributed by atoms with Gasteiger partial charge in [-0.15, -0.1) is 0 Å². The average Bonchev–Trinajstić information content (AvgIpc) is 2.43. The van der Waals surface area contributed by atoms with Crippen molar-refractivity contribution in [1.82, 2.24) is 9.97 Å². The SMILES string of the molecule is CCc1c(C)nc(-c2cc(C)c(Br)c(C)c2)nc1NC. The molecular weight excluding hydrogens is 314 g/mol. The third-order valence-electron chi connectivity index (χ3n) is 3.50. The Hall–Kier alpha value is -1.42. The summed E-state index contributed by atoms with van der Waals surface area (Å²) in [6, 6.07) is 4.24. The maximum Gasteiger partial charge on any atom is 0.161 e. The first-order valence-electron chi connectivity index (χ1n) is 6.80. The van der Waals surface area contributed by atoms with Crippen molar-refractivity contribution in [2.45, 2.75) is 34.1 Å². The van der Waals surface area contributed by atoms with Crippen molar-refractivity contribution < 1.29 is 0 Å². The highest BCUT2D eigenvalue weighted by molar-refractivity contribution is 9.10. The Labute approximate surface area is 129 Å². The summed E-state index contributed by atoms with van der Waals surface area (Å²) in [6.07, 6.45) is 0.931. The number of nitrogens with zero attached hydrogens (tertiary/aromatic N) is 2. The largest absolute Gasteiger partial charge is 0.373 e. The van der Waals surface area contributed by atoms with E-state index in [1.807, 2.05) is 14.0 Å². The van der Waals surface area contributed by atoms with Crippen molar-refractivity contribution in [3.05, 3.63) is 39.0 Å². The molecule has 0 atom stereocenters. The summed E-state index contributed by atoms with van der Waals surface area (Å²) in [7, 11) is 1.91. The van der Waals surface area contributed by atoms with Gasteiger partial charge in [0.15, 0.2) is 5.82 Å². The number of halogens is 1. The summed E-state index contributed by atoms with van der Waals surface area (Å²) < 4.78 is 1.15. The van der Waals surface area contributed by atoms with Crippen LogP contribution in [0.15, 0.2) is 16.6 Å². The van der Waals surface area contributed by atoms with Crippen LogP contribution in [0.2, 0.25) is 0 Å². The van der Waals surface area contributed by atoms with Crippen LogP contribution in [0.1, 0.15) is 29.3 Å². The fraction of sp³-hybridized carbons (Fsp3) is 0.375. The number of hydrogen-bond donors (Lipinski definition) is 1. The Morgan fingerprint density at radius 3 is 2.20 bits per heavy atom. The van der Waals surface area contributed by atoms with Crippen LogP contribution in [0.4, 0.5) is 5.82 Å². The molecule has 0 aliphatic heterocycles. The second-order valence-corrected chi connectivity index (χ2v) is 5.78. The van der Waals surface area contributed by atoms with Crippen LogP contribution in [-0.4, -0.2) is 17.0 Å². The zero-order valence-corrected chi connectivity index (χ0v) is 14.2. The average molecular weight is 334 g/mol. The van der Waals surface area contributed by atoms with Gasteiger partial charge in [0.2, 0.25) is 0 Å². The summed E-state index contributed by atoms with van der Waals surface area (Å²) in [5.74, 6) is 1.70. The Morgan fingerprint density at radius 1 is 1.10 bits per heavy atom. The maximum absolute atomic E-state index is 4.67. The van der Waals surface area contributed by atoms with Gasteiger partial charge in [0.1, 0.15) is 5.82 Å². The number of hydrogen-bond acceptors (Lipinski definition) is 3. The van der Waals surface area contributed by atoms with E-state index in [-0.39, 0.29) is 0 Å². The molecule has 0 saturated carbocycles. The van der Waals surface area contributed by atoms with E-state index in [2.05, 4.69) is 64.1 Å². The Balaban J connectivity index is 2.62. The number of aryl methyl sites for hydroxylation is 3. The van der Waals surface area contributed by atoms with E-state index in [0.29, 0.717) is 0 Å². The van der Waals surface area contributed by atoms with E-state index in [9.17, 15) is 0 Å². The number of benzene rings is 1. The molecule has 20 heavy (non-hydrogen) atoms. The van der Waals surface area contributed by atoms with E-state index in [1.165, 1.54) is 16.7 Å². The highest BCUT2D eigenvalue weighted by Gasteiger charge is 2.12. The summed E-state index contributed by atoms with van der Waals surface area (Å²) in [5, 5.41) is 3.18. The zero-order valence-electron chi connectivity index (χ0n) is 12.6. The summed E-state index contributed by atoms with van der Waals surface area (Å²) in [6.45, 7) is 8.35. The summed E-state index contributed by atoms with van der Waals surface area (Å²) >= 11 is 3.60. The molecule has 0 spiro atoms. The zero-order chi connectivity index (χ0) is 14.9. The lowest BCUT2D eigenvalue weighted by Crippen LogP contribution is -2.05. The lowest BCUT2D eigenvalue weighted by molar-refractivity contribution is 1.00. The fourth-order valence-corrected chi connectivity index (χ4v) is 2.66. The molecule has 0 amide bonds. The molecule has 0 radical (unpaired) electrons. The van der Waals surface area contributed by atoms with Gasteiger partial charge < -0.3 is 5.32 Å². The molecule has 0 aliphatic rings. The van der Waals surface area contributed by atoms with Crippen LogP contribution in [-0.2, 0) is 6.42 Å². The van der Waals surface area contributed by atoms with Gasteiger partial charge >= 0.3 is 0 Å². The van der Waals surface area contributed by atoms with Crippen molar-refractivity contribution in [1.29, 1.82) is 0 Å². The lowest BCUT2D eigenvalue weighted by Gasteiger charge is -2.13. The van der Waals surface area contributed by atoms with E-state index in [4.69, 9.17) is 0 Å². The number of anilines is 1. The molecule has 0 saturated heterocycles. The van der Waals surface area contributed by atoms with Gasteiger partial charge in [0.25, 0.3) is 0 Å². The van der Waals surface area contributed by atoms with Crippen molar-refractivity contribution >= 4 is 21.7 Å². The van der Waals surface area contributed by atoms with E-state index < -0.39 is 0 Å². The van der Waals surface area contributed by atoms with Crippen LogP contribution < -0.4 is 5.32 Å². The molecule has 1 aromatic heterocycles. The predicted molar refractivity (Wildman–Crippen MR) is 88.3 cm³/mol. The van der Waals surface area contributed by atoms with E-state index in [0.717, 1.165) is 33.8 Å². The van der Waals surface area contributed by atoms with Crippen molar-refractivity contribution in [2.24, 2.45) is 0 Å². The smallest absolute Gasteiger partial charge is 0.161 e. The minimum atomic E-state index is 0.780. The molecule has 1 N–H and O–H groups in total. The molecule has 0 fully saturated rings. The first-order valence-corrected chi connectivity index (χ1v) is 7.59. The van der Waals surface area contributed by atoms with Gasteiger partial charge in [-0.1, -0.05) is 22.9 Å². The van der Waals surface area contributed by atoms with Gasteiger partial charge in [0.05, 0.1) is 0 Å². The first-order chi connectivity index (χ1) is 9.47. The standard InChI is InChI=1S/C16H20BrN3/c1-6-13-11(4)19-15(20-16(13)18-5)12-7-9(2)14(17)10(3)8-12/h7-8H,6H2,1-5H3,(H,18,19,20). The molecule has 1 aromatic carbocycles. The molecular formula is C16H20BrN3. The van der Waals surface area contributed by atoms with Crippen LogP contribution in [0.5, 0.6) is 0 Å². The van der Waals surface area contributed by atoms with Gasteiger partial charge in [-0.2, -0.15) is 0 Å². The van der Waals surface area contributed by atoms with Crippen LogP contribution in [0.3, 0.4) is 0 Å². The highest BCUT2D eigenvalue weighted by Crippen LogP contribution is 2.28. The molecule has 2 aromatic rings. The maximum atomic E-state index is 4.67. The normalized spacial score (nSPS) is 10.7. The summed E-state index contributed by atoms with van der Waals surface area (Å²) in [4.78, 5) is 9.34. The fourth-order valence-electron chi connectivity index (χ4n) is 2.43. The second-order valence-electron chi connectivity index (χ2n) is 4.99. The molecule has 0 bridgehead atoms. The van der Waals surface area contributed by atoms with E-state index >= 15 is 0 Å². The van der Waals surface area contributed by atoms with Gasteiger partial charge in [-0.05, 0) is 50.5 Å². The quantitative estimate of drug-likeness (QED) is 0.902. The molecule has 3 nitrogen and oxygen atoms in total. The first kappa shape index (κ1) is 15.0. The molecule has 0 unspecified atom stereocenters. The van der Waals surface area contributed by atoms with Crippen molar-refractivity contribution in [3.8, 4) is 11.4 Å². The Morgan fingerprint density at radius 2 is 1.70 bits per heavy atom. The Kier molecular flexibility index (Phi) is 4.43. The minimum absolute atomic E-state index is 0.780. The number of aromatic nitrogens is 2. The molecule has 0 aliphatic carbocycles. The van der Waals surface area contributed by atoms with Gasteiger partial charge in [-0.25, -0.2) is 9.97 Å². The third-order valence-corrected chi connectivity index (χ3v) is 4.75. The highest BCUT2D eigenvalue weighted by atomic mass is 79.9. The minimum Gasteiger partial charge on any atom is -0.373 e. The molecule has 106 valence electrons.